The van der Waals surface area contributed by atoms with Gasteiger partial charge in [-0.05, 0) is 31.0 Å². The molecule has 18 heavy (non-hydrogen) atoms. The first-order chi connectivity index (χ1) is 8.60. The number of carbonyl (C=O) groups excluding carboxylic acids is 1. The lowest BCUT2D eigenvalue weighted by molar-refractivity contribution is 0.0793. The van der Waals surface area contributed by atoms with Crippen molar-refractivity contribution >= 4 is 11.6 Å². The van der Waals surface area contributed by atoms with Crippen molar-refractivity contribution in [2.45, 2.75) is 33.1 Å². The molecular weight excluding hydrogens is 224 g/mol. The van der Waals surface area contributed by atoms with Crippen molar-refractivity contribution in [3.8, 4) is 0 Å². The van der Waals surface area contributed by atoms with Crippen LogP contribution >= 0.6 is 0 Å². The number of nitrogens with zero attached hydrogens (tertiary/aromatic N) is 1. The first-order valence-electron chi connectivity index (χ1n) is 6.64. The summed E-state index contributed by atoms with van der Waals surface area (Å²) in [5, 5.41) is 3.09. The number of rotatable bonds is 6. The predicted octanol–water partition coefficient (Wildman–Crippen LogP) is 3.30. The largest absolute Gasteiger partial charge is 0.387 e. The lowest BCUT2D eigenvalue weighted by Gasteiger charge is -2.19. The molecule has 1 amide bonds. The molecule has 1 aromatic rings. The number of hydrogen-bond acceptors (Lipinski definition) is 2. The second-order valence-corrected chi connectivity index (χ2v) is 4.73. The van der Waals surface area contributed by atoms with Gasteiger partial charge in [-0.15, -0.1) is 0 Å². The molecule has 0 atom stereocenters. The summed E-state index contributed by atoms with van der Waals surface area (Å²) in [5.41, 5.74) is 2.81. The van der Waals surface area contributed by atoms with Crippen LogP contribution in [0.1, 0.15) is 42.1 Å². The Kier molecular flexibility index (Phi) is 5.69. The molecule has 0 aliphatic carbocycles. The Labute approximate surface area is 110 Å². The quantitative estimate of drug-likeness (QED) is 0.783. The molecule has 1 rings (SSSR count). The third-order valence-corrected chi connectivity index (χ3v) is 3.12. The Morgan fingerprint density at radius 3 is 2.67 bits per heavy atom. The van der Waals surface area contributed by atoms with Crippen molar-refractivity contribution in [1.82, 2.24) is 4.90 Å². The molecule has 0 aliphatic heterocycles. The molecule has 1 aromatic carbocycles. The molecule has 0 aliphatic rings. The van der Waals surface area contributed by atoms with Gasteiger partial charge < -0.3 is 10.2 Å². The summed E-state index contributed by atoms with van der Waals surface area (Å²) in [4.78, 5) is 14.1. The zero-order valence-corrected chi connectivity index (χ0v) is 11.9. The summed E-state index contributed by atoms with van der Waals surface area (Å²) >= 11 is 0. The summed E-state index contributed by atoms with van der Waals surface area (Å²) in [6.45, 7) is 5.02. The number of aryl methyl sites for hydroxylation is 1. The number of carbonyl (C=O) groups is 1. The molecule has 0 saturated heterocycles. The summed E-state index contributed by atoms with van der Waals surface area (Å²) in [6, 6.07) is 5.89. The molecular formula is C15H24N2O. The number of unbranched alkanes of at least 4 members (excludes halogenated alkanes) is 2. The Bertz CT molecular complexity index is 401. The van der Waals surface area contributed by atoms with E-state index in [9.17, 15) is 4.79 Å². The maximum absolute atomic E-state index is 12.3. The maximum Gasteiger partial charge on any atom is 0.255 e. The van der Waals surface area contributed by atoms with Gasteiger partial charge in [-0.2, -0.15) is 0 Å². The maximum atomic E-state index is 12.3. The van der Waals surface area contributed by atoms with Crippen LogP contribution in [0.4, 0.5) is 5.69 Å². The molecule has 3 heteroatoms. The molecule has 0 saturated carbocycles. The molecule has 1 N–H and O–H groups in total. The normalized spacial score (nSPS) is 10.2. The van der Waals surface area contributed by atoms with Crippen molar-refractivity contribution in [1.29, 1.82) is 0 Å². The third kappa shape index (κ3) is 3.76. The molecule has 0 fully saturated rings. The highest BCUT2D eigenvalue weighted by Crippen LogP contribution is 2.18. The Morgan fingerprint density at radius 2 is 2.06 bits per heavy atom. The fourth-order valence-electron chi connectivity index (χ4n) is 1.96. The van der Waals surface area contributed by atoms with Crippen molar-refractivity contribution in [3.05, 3.63) is 29.3 Å². The van der Waals surface area contributed by atoms with Gasteiger partial charge >= 0.3 is 0 Å². The average Bonchev–Trinajstić information content (AvgIpc) is 2.37. The van der Waals surface area contributed by atoms with Gasteiger partial charge in [0, 0.05) is 26.3 Å². The minimum Gasteiger partial charge on any atom is -0.387 e. The van der Waals surface area contributed by atoms with Gasteiger partial charge in [-0.1, -0.05) is 25.8 Å². The Balaban J connectivity index is 2.76. The van der Waals surface area contributed by atoms with Gasteiger partial charge in [0.05, 0.1) is 5.56 Å². The fraction of sp³-hybridized carbons (Fsp3) is 0.533. The van der Waals surface area contributed by atoms with E-state index in [1.54, 1.807) is 4.90 Å². The second kappa shape index (κ2) is 7.04. The van der Waals surface area contributed by atoms with Gasteiger partial charge in [-0.3, -0.25) is 4.79 Å². The summed E-state index contributed by atoms with van der Waals surface area (Å²) in [7, 11) is 3.72. The van der Waals surface area contributed by atoms with E-state index in [1.807, 2.05) is 39.2 Å². The smallest absolute Gasteiger partial charge is 0.255 e. The van der Waals surface area contributed by atoms with Crippen LogP contribution in [0.15, 0.2) is 18.2 Å². The van der Waals surface area contributed by atoms with Crippen LogP contribution in [0.2, 0.25) is 0 Å². The van der Waals surface area contributed by atoms with Gasteiger partial charge in [0.1, 0.15) is 0 Å². The van der Waals surface area contributed by atoms with Crippen LogP contribution in [0.5, 0.6) is 0 Å². The van der Waals surface area contributed by atoms with E-state index in [1.165, 1.54) is 12.8 Å². The molecule has 100 valence electrons. The number of nitrogens with one attached hydrogen (secondary N) is 1. The lowest BCUT2D eigenvalue weighted by Crippen LogP contribution is -2.28. The summed E-state index contributed by atoms with van der Waals surface area (Å²) < 4.78 is 0. The van der Waals surface area contributed by atoms with Crippen molar-refractivity contribution < 1.29 is 4.79 Å². The highest BCUT2D eigenvalue weighted by Gasteiger charge is 2.14. The molecule has 3 nitrogen and oxygen atoms in total. The number of benzene rings is 1. The Morgan fingerprint density at radius 1 is 1.33 bits per heavy atom. The summed E-state index contributed by atoms with van der Waals surface area (Å²) in [5.74, 6) is 0.0930. The van der Waals surface area contributed by atoms with E-state index in [2.05, 4.69) is 12.2 Å². The first kappa shape index (κ1) is 14.6. The zero-order chi connectivity index (χ0) is 13.5. The van der Waals surface area contributed by atoms with E-state index < -0.39 is 0 Å². The monoisotopic (exact) mass is 248 g/mol. The van der Waals surface area contributed by atoms with Crippen molar-refractivity contribution in [2.24, 2.45) is 0 Å². The van der Waals surface area contributed by atoms with E-state index in [4.69, 9.17) is 0 Å². The number of hydrogen-bond donors (Lipinski definition) is 1. The molecule has 0 bridgehead atoms. The van der Waals surface area contributed by atoms with Gasteiger partial charge in [0.2, 0.25) is 0 Å². The standard InChI is InChI=1S/C15H24N2O/c1-5-6-7-10-17(4)15(18)13-9-8-12(2)11-14(13)16-3/h8-9,11,16H,5-7,10H2,1-4H3. The first-order valence-corrected chi connectivity index (χ1v) is 6.64. The molecule has 0 aromatic heterocycles. The number of anilines is 1. The second-order valence-electron chi connectivity index (χ2n) is 4.73. The zero-order valence-electron chi connectivity index (χ0n) is 11.9. The highest BCUT2D eigenvalue weighted by atomic mass is 16.2. The fourth-order valence-corrected chi connectivity index (χ4v) is 1.96. The van der Waals surface area contributed by atoms with E-state index >= 15 is 0 Å². The highest BCUT2D eigenvalue weighted by molar-refractivity contribution is 5.99. The minimum absolute atomic E-state index is 0.0930. The lowest BCUT2D eigenvalue weighted by atomic mass is 10.1. The Hall–Kier alpha value is -1.51. The topological polar surface area (TPSA) is 32.3 Å². The van der Waals surface area contributed by atoms with Crippen molar-refractivity contribution in [2.75, 3.05) is 26.0 Å². The third-order valence-electron chi connectivity index (χ3n) is 3.12. The van der Waals surface area contributed by atoms with Crippen LogP contribution in [-0.4, -0.2) is 31.4 Å². The SMILES string of the molecule is CCCCCN(C)C(=O)c1ccc(C)cc1NC. The predicted molar refractivity (Wildman–Crippen MR) is 77.2 cm³/mol. The van der Waals surface area contributed by atoms with Crippen LogP contribution in [0.3, 0.4) is 0 Å². The van der Waals surface area contributed by atoms with Crippen LogP contribution < -0.4 is 5.32 Å². The summed E-state index contributed by atoms with van der Waals surface area (Å²) in [6.07, 6.45) is 3.41. The van der Waals surface area contributed by atoms with Crippen LogP contribution in [-0.2, 0) is 0 Å². The van der Waals surface area contributed by atoms with E-state index in [0.29, 0.717) is 0 Å². The minimum atomic E-state index is 0.0930. The van der Waals surface area contributed by atoms with Crippen LogP contribution in [0, 0.1) is 6.92 Å². The molecule has 0 unspecified atom stereocenters. The molecule has 0 spiro atoms. The number of amides is 1. The molecule has 0 heterocycles. The van der Waals surface area contributed by atoms with Gasteiger partial charge in [0.25, 0.3) is 5.91 Å². The van der Waals surface area contributed by atoms with Gasteiger partial charge in [-0.25, -0.2) is 0 Å². The van der Waals surface area contributed by atoms with Crippen molar-refractivity contribution in [3.63, 3.8) is 0 Å². The van der Waals surface area contributed by atoms with Crippen LogP contribution in [0.25, 0.3) is 0 Å². The van der Waals surface area contributed by atoms with Gasteiger partial charge in [0.15, 0.2) is 0 Å². The molecule has 0 radical (unpaired) electrons. The van der Waals surface area contributed by atoms with E-state index in [-0.39, 0.29) is 5.91 Å². The average molecular weight is 248 g/mol. The van der Waals surface area contributed by atoms with E-state index in [0.717, 1.165) is 29.8 Å².